The summed E-state index contributed by atoms with van der Waals surface area (Å²) in [4.78, 5) is 2.46. The summed E-state index contributed by atoms with van der Waals surface area (Å²) in [5, 5.41) is 3.57. The summed E-state index contributed by atoms with van der Waals surface area (Å²) in [6.07, 6.45) is 0. The van der Waals surface area contributed by atoms with E-state index in [1.54, 1.807) is 0 Å². The van der Waals surface area contributed by atoms with Crippen LogP contribution in [0.2, 0.25) is 0 Å². The van der Waals surface area contributed by atoms with Gasteiger partial charge in [0.25, 0.3) is 0 Å². The molecule has 1 aliphatic heterocycles. The molecule has 1 fully saturated rings. The number of nitrogens with zero attached hydrogens (tertiary/aromatic N) is 1. The lowest BCUT2D eigenvalue weighted by atomic mass is 10.2. The van der Waals surface area contributed by atoms with Crippen LogP contribution in [-0.2, 0) is 11.3 Å². The van der Waals surface area contributed by atoms with E-state index in [1.165, 1.54) is 5.56 Å². The summed E-state index contributed by atoms with van der Waals surface area (Å²) >= 11 is 0. The number of hydrogen-bond donors (Lipinski definition) is 1. The Kier molecular flexibility index (Phi) is 6.30. The fourth-order valence-electron chi connectivity index (χ4n) is 2.40. The van der Waals surface area contributed by atoms with Gasteiger partial charge in [0.1, 0.15) is 5.75 Å². The van der Waals surface area contributed by atoms with Crippen molar-refractivity contribution < 1.29 is 9.47 Å². The molecule has 1 unspecified atom stereocenters. The Labute approximate surface area is 122 Å². The van der Waals surface area contributed by atoms with Gasteiger partial charge in [-0.3, -0.25) is 4.90 Å². The third-order valence-corrected chi connectivity index (χ3v) is 3.52. The molecular weight excluding hydrogens is 252 g/mol. The van der Waals surface area contributed by atoms with Crippen LogP contribution in [-0.4, -0.2) is 50.4 Å². The van der Waals surface area contributed by atoms with Crippen LogP contribution in [0.15, 0.2) is 24.3 Å². The molecule has 1 saturated heterocycles. The van der Waals surface area contributed by atoms with Crippen molar-refractivity contribution in [1.29, 1.82) is 0 Å². The van der Waals surface area contributed by atoms with E-state index in [2.05, 4.69) is 29.3 Å². The summed E-state index contributed by atoms with van der Waals surface area (Å²) < 4.78 is 10.8. The van der Waals surface area contributed by atoms with Gasteiger partial charge in [0, 0.05) is 32.2 Å². The zero-order valence-electron chi connectivity index (χ0n) is 12.6. The molecule has 0 radical (unpaired) electrons. The third-order valence-electron chi connectivity index (χ3n) is 3.52. The van der Waals surface area contributed by atoms with E-state index in [4.69, 9.17) is 9.47 Å². The first-order valence-corrected chi connectivity index (χ1v) is 7.53. The average Bonchev–Trinajstić information content (AvgIpc) is 2.48. The standard InChI is InChI=1S/C16H26N2O2/c1-3-20-16-6-4-15(5-7-16)12-17-14(2)13-18-8-10-19-11-9-18/h4-7,14,17H,3,8-13H2,1-2H3. The van der Waals surface area contributed by atoms with Crippen LogP contribution in [0.3, 0.4) is 0 Å². The number of hydrogen-bond acceptors (Lipinski definition) is 4. The van der Waals surface area contributed by atoms with Crippen LogP contribution in [0.4, 0.5) is 0 Å². The van der Waals surface area contributed by atoms with Crippen molar-refractivity contribution >= 4 is 0 Å². The Hall–Kier alpha value is -1.10. The molecule has 0 amide bonds. The van der Waals surface area contributed by atoms with E-state index in [0.29, 0.717) is 12.6 Å². The predicted molar refractivity (Wildman–Crippen MR) is 81.2 cm³/mol. The Morgan fingerprint density at radius 3 is 2.60 bits per heavy atom. The highest BCUT2D eigenvalue weighted by atomic mass is 16.5. The van der Waals surface area contributed by atoms with Crippen molar-refractivity contribution in [3.05, 3.63) is 29.8 Å². The van der Waals surface area contributed by atoms with Crippen LogP contribution in [0.1, 0.15) is 19.4 Å². The molecule has 0 bridgehead atoms. The molecule has 2 rings (SSSR count). The minimum absolute atomic E-state index is 0.486. The quantitative estimate of drug-likeness (QED) is 0.826. The molecule has 20 heavy (non-hydrogen) atoms. The minimum Gasteiger partial charge on any atom is -0.494 e. The Morgan fingerprint density at radius 2 is 1.95 bits per heavy atom. The first-order valence-electron chi connectivity index (χ1n) is 7.53. The summed E-state index contributed by atoms with van der Waals surface area (Å²) in [6.45, 7) is 10.8. The molecular formula is C16H26N2O2. The minimum atomic E-state index is 0.486. The van der Waals surface area contributed by atoms with E-state index < -0.39 is 0 Å². The van der Waals surface area contributed by atoms with E-state index in [9.17, 15) is 0 Å². The van der Waals surface area contributed by atoms with Gasteiger partial charge in [-0.1, -0.05) is 12.1 Å². The molecule has 1 aromatic carbocycles. The molecule has 0 spiro atoms. The summed E-state index contributed by atoms with van der Waals surface area (Å²) in [6, 6.07) is 8.80. The smallest absolute Gasteiger partial charge is 0.119 e. The van der Waals surface area contributed by atoms with Gasteiger partial charge in [-0.05, 0) is 31.5 Å². The number of ether oxygens (including phenoxy) is 2. The first-order chi connectivity index (χ1) is 9.78. The van der Waals surface area contributed by atoms with Gasteiger partial charge >= 0.3 is 0 Å². The summed E-state index contributed by atoms with van der Waals surface area (Å²) in [7, 11) is 0. The maximum absolute atomic E-state index is 5.45. The molecule has 1 heterocycles. The first kappa shape index (κ1) is 15.3. The van der Waals surface area contributed by atoms with Gasteiger partial charge in [-0.2, -0.15) is 0 Å². The van der Waals surface area contributed by atoms with Crippen LogP contribution in [0, 0.1) is 0 Å². The van der Waals surface area contributed by atoms with Crippen molar-refractivity contribution in [3.8, 4) is 5.75 Å². The zero-order valence-corrected chi connectivity index (χ0v) is 12.6. The fraction of sp³-hybridized carbons (Fsp3) is 0.625. The van der Waals surface area contributed by atoms with Crippen LogP contribution >= 0.6 is 0 Å². The van der Waals surface area contributed by atoms with E-state index >= 15 is 0 Å². The second-order valence-corrected chi connectivity index (χ2v) is 5.27. The third kappa shape index (κ3) is 5.12. The van der Waals surface area contributed by atoms with Crippen molar-refractivity contribution in [2.75, 3.05) is 39.5 Å². The van der Waals surface area contributed by atoms with Gasteiger partial charge in [0.05, 0.1) is 19.8 Å². The Morgan fingerprint density at radius 1 is 1.25 bits per heavy atom. The zero-order chi connectivity index (χ0) is 14.2. The molecule has 1 aromatic rings. The highest BCUT2D eigenvalue weighted by Crippen LogP contribution is 2.12. The lowest BCUT2D eigenvalue weighted by Gasteiger charge is -2.29. The molecule has 112 valence electrons. The highest BCUT2D eigenvalue weighted by Gasteiger charge is 2.13. The van der Waals surface area contributed by atoms with E-state index in [1.807, 2.05) is 19.1 Å². The van der Waals surface area contributed by atoms with Gasteiger partial charge in [-0.25, -0.2) is 0 Å². The maximum atomic E-state index is 5.45. The van der Waals surface area contributed by atoms with E-state index in [-0.39, 0.29) is 0 Å². The van der Waals surface area contributed by atoms with Gasteiger partial charge in [0.15, 0.2) is 0 Å². The molecule has 1 atom stereocenters. The lowest BCUT2D eigenvalue weighted by Crippen LogP contribution is -2.44. The Bertz CT molecular complexity index is 375. The van der Waals surface area contributed by atoms with Crippen LogP contribution in [0.5, 0.6) is 5.75 Å². The van der Waals surface area contributed by atoms with Crippen molar-refractivity contribution in [2.24, 2.45) is 0 Å². The van der Waals surface area contributed by atoms with Gasteiger partial charge in [-0.15, -0.1) is 0 Å². The number of rotatable bonds is 7. The van der Waals surface area contributed by atoms with Gasteiger partial charge < -0.3 is 14.8 Å². The molecule has 4 nitrogen and oxygen atoms in total. The summed E-state index contributed by atoms with van der Waals surface area (Å²) in [5.41, 5.74) is 1.29. The fourth-order valence-corrected chi connectivity index (χ4v) is 2.40. The number of morpholine rings is 1. The summed E-state index contributed by atoms with van der Waals surface area (Å²) in [5.74, 6) is 0.942. The topological polar surface area (TPSA) is 33.7 Å². The maximum Gasteiger partial charge on any atom is 0.119 e. The van der Waals surface area contributed by atoms with Crippen molar-refractivity contribution in [3.63, 3.8) is 0 Å². The van der Waals surface area contributed by atoms with Crippen LogP contribution < -0.4 is 10.1 Å². The second kappa shape index (κ2) is 8.25. The lowest BCUT2D eigenvalue weighted by molar-refractivity contribution is 0.0343. The normalized spacial score (nSPS) is 17.9. The molecule has 1 aliphatic rings. The molecule has 1 N–H and O–H groups in total. The molecule has 4 heteroatoms. The molecule has 0 aromatic heterocycles. The number of benzene rings is 1. The van der Waals surface area contributed by atoms with E-state index in [0.717, 1.165) is 45.1 Å². The number of nitrogens with one attached hydrogen (secondary N) is 1. The second-order valence-electron chi connectivity index (χ2n) is 5.27. The van der Waals surface area contributed by atoms with Crippen molar-refractivity contribution in [2.45, 2.75) is 26.4 Å². The van der Waals surface area contributed by atoms with Gasteiger partial charge in [0.2, 0.25) is 0 Å². The molecule has 0 aliphatic carbocycles. The SMILES string of the molecule is CCOc1ccc(CNC(C)CN2CCOCC2)cc1. The monoisotopic (exact) mass is 278 g/mol. The largest absolute Gasteiger partial charge is 0.494 e. The van der Waals surface area contributed by atoms with Crippen LogP contribution in [0.25, 0.3) is 0 Å². The Balaban J connectivity index is 1.70. The molecule has 0 saturated carbocycles. The average molecular weight is 278 g/mol. The highest BCUT2D eigenvalue weighted by molar-refractivity contribution is 5.27. The predicted octanol–water partition coefficient (Wildman–Crippen LogP) is 1.90. The van der Waals surface area contributed by atoms with Crippen molar-refractivity contribution in [1.82, 2.24) is 10.2 Å².